The number of nitriles is 1. The van der Waals surface area contributed by atoms with E-state index in [1.807, 2.05) is 54.6 Å². The van der Waals surface area contributed by atoms with Gasteiger partial charge in [0.15, 0.2) is 0 Å². The maximum atomic E-state index is 13.8. The summed E-state index contributed by atoms with van der Waals surface area (Å²) in [5, 5.41) is 14.0. The van der Waals surface area contributed by atoms with Crippen LogP contribution in [0.4, 0.5) is 0 Å². The highest BCUT2D eigenvalue weighted by atomic mass is 16.2. The van der Waals surface area contributed by atoms with E-state index in [2.05, 4.69) is 37.0 Å². The van der Waals surface area contributed by atoms with Gasteiger partial charge in [0, 0.05) is 31.0 Å². The van der Waals surface area contributed by atoms with Crippen molar-refractivity contribution < 1.29 is 4.79 Å². The molecule has 164 valence electrons. The zero-order valence-corrected chi connectivity index (χ0v) is 18.8. The Bertz CT molecular complexity index is 1290. The first-order chi connectivity index (χ1) is 16.1. The van der Waals surface area contributed by atoms with Crippen molar-refractivity contribution in [3.05, 3.63) is 102 Å². The molecule has 0 saturated heterocycles. The lowest BCUT2D eigenvalue weighted by molar-refractivity contribution is 0.0737. The molecule has 1 amide bonds. The molecule has 0 aliphatic carbocycles. The van der Waals surface area contributed by atoms with E-state index in [0.29, 0.717) is 18.8 Å². The van der Waals surface area contributed by atoms with Gasteiger partial charge in [0.25, 0.3) is 5.91 Å². The lowest BCUT2D eigenvalue weighted by Crippen LogP contribution is -2.33. The van der Waals surface area contributed by atoms with E-state index in [9.17, 15) is 4.79 Å². The summed E-state index contributed by atoms with van der Waals surface area (Å²) in [6.45, 7) is 4.83. The number of carbonyl (C=O) groups is 1. The molecule has 0 N–H and O–H groups in total. The summed E-state index contributed by atoms with van der Waals surface area (Å²) in [5.41, 5.74) is 6.22. The quantitative estimate of drug-likeness (QED) is 0.404. The van der Waals surface area contributed by atoms with Gasteiger partial charge in [-0.2, -0.15) is 10.4 Å². The van der Waals surface area contributed by atoms with E-state index in [-0.39, 0.29) is 12.3 Å². The van der Waals surface area contributed by atoms with Crippen molar-refractivity contribution in [3.8, 4) is 23.0 Å². The minimum atomic E-state index is -0.180. The monoisotopic (exact) mass is 435 g/mol. The third-order valence-electron chi connectivity index (χ3n) is 5.61. The number of aromatic nitrogens is 3. The average Bonchev–Trinajstić information content (AvgIpc) is 3.30. The Morgan fingerprint density at radius 1 is 1.03 bits per heavy atom. The SMILES string of the molecule is Cc1ccc(-c2cc(C(=O)N(CCC#N)Cc3cccnc3)n(-c3ccccc3)n2)cc1C. The number of amides is 1. The van der Waals surface area contributed by atoms with E-state index in [1.165, 1.54) is 11.1 Å². The van der Waals surface area contributed by atoms with E-state index >= 15 is 0 Å². The van der Waals surface area contributed by atoms with Crippen molar-refractivity contribution in [2.45, 2.75) is 26.8 Å². The van der Waals surface area contributed by atoms with Gasteiger partial charge in [-0.1, -0.05) is 36.4 Å². The number of nitrogens with zero attached hydrogens (tertiary/aromatic N) is 5. The summed E-state index contributed by atoms with van der Waals surface area (Å²) >= 11 is 0. The Balaban J connectivity index is 1.77. The predicted molar refractivity (Wildman–Crippen MR) is 128 cm³/mol. The molecule has 0 fully saturated rings. The molecule has 0 aliphatic heterocycles. The average molecular weight is 436 g/mol. The predicted octanol–water partition coefficient (Wildman–Crippen LogP) is 5.11. The lowest BCUT2D eigenvalue weighted by atomic mass is 10.0. The molecule has 6 heteroatoms. The highest BCUT2D eigenvalue weighted by Gasteiger charge is 2.23. The Hall–Kier alpha value is -4.24. The van der Waals surface area contributed by atoms with E-state index < -0.39 is 0 Å². The van der Waals surface area contributed by atoms with Crippen molar-refractivity contribution in [1.82, 2.24) is 19.7 Å². The maximum Gasteiger partial charge on any atom is 0.272 e. The number of carbonyl (C=O) groups excluding carboxylic acids is 1. The van der Waals surface area contributed by atoms with Gasteiger partial charge in [-0.3, -0.25) is 9.78 Å². The zero-order chi connectivity index (χ0) is 23.2. The Morgan fingerprint density at radius 3 is 2.55 bits per heavy atom. The Kier molecular flexibility index (Phi) is 6.61. The molecule has 2 heterocycles. The molecule has 0 saturated carbocycles. The standard InChI is InChI=1S/C27H25N5O/c1-20-11-12-23(16-21(20)2)25-17-26(32(30-25)24-9-4-3-5-10-24)27(33)31(15-7-13-28)19-22-8-6-14-29-18-22/h3-6,8-12,14,16-18H,7,15,19H2,1-2H3. The van der Waals surface area contributed by atoms with Gasteiger partial charge < -0.3 is 4.90 Å². The zero-order valence-electron chi connectivity index (χ0n) is 18.8. The Labute approximate surface area is 193 Å². The summed E-state index contributed by atoms with van der Waals surface area (Å²) < 4.78 is 1.69. The van der Waals surface area contributed by atoms with Crippen molar-refractivity contribution in [2.24, 2.45) is 0 Å². The first-order valence-electron chi connectivity index (χ1n) is 10.8. The number of pyridine rings is 1. The maximum absolute atomic E-state index is 13.8. The molecule has 33 heavy (non-hydrogen) atoms. The van der Waals surface area contributed by atoms with Crippen LogP contribution in [0, 0.1) is 25.2 Å². The normalized spacial score (nSPS) is 10.6. The van der Waals surface area contributed by atoms with Crippen molar-refractivity contribution in [2.75, 3.05) is 6.54 Å². The largest absolute Gasteiger partial charge is 0.332 e. The number of para-hydroxylation sites is 1. The van der Waals surface area contributed by atoms with Crippen LogP contribution in [-0.4, -0.2) is 32.1 Å². The second kappa shape index (κ2) is 9.92. The van der Waals surface area contributed by atoms with Gasteiger partial charge >= 0.3 is 0 Å². The summed E-state index contributed by atoms with van der Waals surface area (Å²) in [4.78, 5) is 19.6. The summed E-state index contributed by atoms with van der Waals surface area (Å²) in [5.74, 6) is -0.180. The van der Waals surface area contributed by atoms with Gasteiger partial charge in [-0.15, -0.1) is 0 Å². The molecule has 2 aromatic heterocycles. The lowest BCUT2D eigenvalue weighted by Gasteiger charge is -2.22. The first-order valence-corrected chi connectivity index (χ1v) is 10.8. The van der Waals surface area contributed by atoms with E-state index in [1.54, 1.807) is 22.0 Å². The topological polar surface area (TPSA) is 74.8 Å². The molecule has 0 bridgehead atoms. The van der Waals surface area contributed by atoms with Crippen LogP contribution in [0.1, 0.15) is 33.6 Å². The molecular weight excluding hydrogens is 410 g/mol. The summed E-state index contributed by atoms with van der Waals surface area (Å²) in [6, 6.07) is 23.5. The Morgan fingerprint density at radius 2 is 1.85 bits per heavy atom. The van der Waals surface area contributed by atoms with Crippen molar-refractivity contribution in [3.63, 3.8) is 0 Å². The number of rotatable bonds is 7. The number of hydrogen-bond acceptors (Lipinski definition) is 4. The van der Waals surface area contributed by atoms with Gasteiger partial charge in [-0.05, 0) is 60.9 Å². The molecule has 0 radical (unpaired) electrons. The fraction of sp³-hybridized carbons (Fsp3) is 0.185. The minimum Gasteiger partial charge on any atom is -0.332 e. The third-order valence-corrected chi connectivity index (χ3v) is 5.61. The summed E-state index contributed by atoms with van der Waals surface area (Å²) in [7, 11) is 0. The second-order valence-corrected chi connectivity index (χ2v) is 7.96. The second-order valence-electron chi connectivity index (χ2n) is 7.96. The molecule has 6 nitrogen and oxygen atoms in total. The molecule has 0 aliphatic rings. The highest BCUT2D eigenvalue weighted by molar-refractivity contribution is 5.94. The number of benzene rings is 2. The molecular formula is C27H25N5O. The van der Waals surface area contributed by atoms with Crippen LogP contribution in [0.5, 0.6) is 0 Å². The highest BCUT2D eigenvalue weighted by Crippen LogP contribution is 2.25. The number of hydrogen-bond donors (Lipinski definition) is 0. The molecule has 2 aromatic carbocycles. The van der Waals surface area contributed by atoms with Crippen LogP contribution in [0.15, 0.2) is 79.1 Å². The van der Waals surface area contributed by atoms with E-state index in [0.717, 1.165) is 22.5 Å². The fourth-order valence-corrected chi connectivity index (χ4v) is 3.65. The van der Waals surface area contributed by atoms with Crippen LogP contribution in [0.25, 0.3) is 16.9 Å². The molecule has 0 unspecified atom stereocenters. The van der Waals surface area contributed by atoms with Gasteiger partial charge in [0.05, 0.1) is 23.9 Å². The molecule has 0 atom stereocenters. The number of aryl methyl sites for hydroxylation is 2. The van der Waals surface area contributed by atoms with Gasteiger partial charge in [-0.25, -0.2) is 4.68 Å². The molecule has 4 rings (SSSR count). The van der Waals surface area contributed by atoms with Gasteiger partial charge in [0.1, 0.15) is 5.69 Å². The van der Waals surface area contributed by atoms with Gasteiger partial charge in [0.2, 0.25) is 0 Å². The molecule has 0 spiro atoms. The van der Waals surface area contributed by atoms with Crippen molar-refractivity contribution >= 4 is 5.91 Å². The minimum absolute atomic E-state index is 0.180. The van der Waals surface area contributed by atoms with Crippen molar-refractivity contribution in [1.29, 1.82) is 5.26 Å². The van der Waals surface area contributed by atoms with E-state index in [4.69, 9.17) is 10.4 Å². The third kappa shape index (κ3) is 4.99. The summed E-state index contributed by atoms with van der Waals surface area (Å²) in [6.07, 6.45) is 3.68. The van der Waals surface area contributed by atoms with Crippen LogP contribution in [0.3, 0.4) is 0 Å². The fourth-order valence-electron chi connectivity index (χ4n) is 3.65. The first kappa shape index (κ1) is 22.0. The van der Waals surface area contributed by atoms with Crippen LogP contribution in [-0.2, 0) is 6.54 Å². The van der Waals surface area contributed by atoms with Crippen LogP contribution < -0.4 is 0 Å². The smallest absolute Gasteiger partial charge is 0.272 e. The molecule has 4 aromatic rings. The van der Waals surface area contributed by atoms with Crippen LogP contribution >= 0.6 is 0 Å². The van der Waals surface area contributed by atoms with Crippen LogP contribution in [0.2, 0.25) is 0 Å².